The minimum Gasteiger partial charge on any atom is -0.262 e. The first-order valence-corrected chi connectivity index (χ1v) is 9.12. The molecule has 0 unspecified atom stereocenters. The van der Waals surface area contributed by atoms with Gasteiger partial charge in [0.05, 0.1) is 23.0 Å². The Bertz CT molecular complexity index is 1110. The van der Waals surface area contributed by atoms with Gasteiger partial charge in [-0.3, -0.25) is 4.98 Å². The molecule has 2 heterocycles. The number of hydrogen-bond acceptors (Lipinski definition) is 4. The Morgan fingerprint density at radius 3 is 2.52 bits per heavy atom. The monoisotopic (exact) mass is 374 g/mol. The first-order valence-electron chi connectivity index (χ1n) is 8.30. The summed E-state index contributed by atoms with van der Waals surface area (Å²) in [5, 5.41) is 4.51. The molecule has 0 N–H and O–H groups in total. The van der Waals surface area contributed by atoms with E-state index in [1.807, 2.05) is 48.7 Å². The van der Waals surface area contributed by atoms with E-state index in [4.69, 9.17) is 0 Å². The summed E-state index contributed by atoms with van der Waals surface area (Å²) in [6.07, 6.45) is 7.04. The molecule has 2 aromatic heterocycles. The number of benzene rings is 2. The van der Waals surface area contributed by atoms with Gasteiger partial charge in [-0.05, 0) is 35.4 Å². The molecule has 0 saturated carbocycles. The van der Waals surface area contributed by atoms with Crippen molar-refractivity contribution in [1.29, 1.82) is 0 Å². The van der Waals surface area contributed by atoms with E-state index in [0.717, 1.165) is 26.5 Å². The van der Waals surface area contributed by atoms with Crippen LogP contribution in [0.2, 0.25) is 0 Å². The van der Waals surface area contributed by atoms with Crippen LogP contribution in [0.3, 0.4) is 0 Å². The molecule has 0 atom stereocenters. The number of thiazole rings is 1. The Hall–Kier alpha value is -3.38. The molecule has 6 heteroatoms. The molecule has 4 aromatic rings. The van der Waals surface area contributed by atoms with Gasteiger partial charge in [0, 0.05) is 12.4 Å². The fraction of sp³-hybridized carbons (Fsp3) is 0. The van der Waals surface area contributed by atoms with Crippen LogP contribution in [0, 0.1) is 5.82 Å². The van der Waals surface area contributed by atoms with E-state index in [1.165, 1.54) is 23.5 Å². The highest BCUT2D eigenvalue weighted by atomic mass is 32.1. The molecular weight excluding hydrogens is 359 g/mol. The highest BCUT2D eigenvalue weighted by molar-refractivity contribution is 7.12. The lowest BCUT2D eigenvalue weighted by Crippen LogP contribution is -2.08. The molecule has 0 radical (unpaired) electrons. The van der Waals surface area contributed by atoms with Crippen molar-refractivity contribution in [2.24, 2.45) is 10.1 Å². The third-order valence-corrected chi connectivity index (χ3v) is 4.79. The van der Waals surface area contributed by atoms with Gasteiger partial charge in [-0.25, -0.2) is 14.1 Å². The highest BCUT2D eigenvalue weighted by Crippen LogP contribution is 2.22. The minimum atomic E-state index is -0.269. The summed E-state index contributed by atoms with van der Waals surface area (Å²) in [6, 6.07) is 20.0. The van der Waals surface area contributed by atoms with Gasteiger partial charge in [-0.15, -0.1) is 0 Å². The van der Waals surface area contributed by atoms with E-state index >= 15 is 0 Å². The molecule has 0 amide bonds. The molecule has 4 nitrogen and oxygen atoms in total. The van der Waals surface area contributed by atoms with E-state index in [2.05, 4.69) is 15.1 Å². The van der Waals surface area contributed by atoms with E-state index in [1.54, 1.807) is 35.4 Å². The fourth-order valence-electron chi connectivity index (χ4n) is 2.44. The maximum atomic E-state index is 13.1. The van der Waals surface area contributed by atoms with Gasteiger partial charge in [-0.2, -0.15) is 5.10 Å². The smallest absolute Gasteiger partial charge is 0.211 e. The summed E-state index contributed by atoms with van der Waals surface area (Å²) in [5.74, 6) is -0.269. The van der Waals surface area contributed by atoms with Crippen LogP contribution in [0.15, 0.2) is 95.4 Å². The highest BCUT2D eigenvalue weighted by Gasteiger charge is 2.05. The van der Waals surface area contributed by atoms with E-state index in [9.17, 15) is 4.39 Å². The van der Waals surface area contributed by atoms with E-state index < -0.39 is 0 Å². The van der Waals surface area contributed by atoms with Crippen molar-refractivity contribution in [2.45, 2.75) is 0 Å². The summed E-state index contributed by atoms with van der Waals surface area (Å²) in [6.45, 7) is 0. The Balaban J connectivity index is 1.77. The fourth-order valence-corrected chi connectivity index (χ4v) is 3.39. The predicted octanol–water partition coefficient (Wildman–Crippen LogP) is 4.87. The SMILES string of the molecule is Fc1ccc(C=Nn2cc(-c3ccccc3)sc2=Nc2cccnc2)cc1. The van der Waals surface area contributed by atoms with Gasteiger partial charge < -0.3 is 0 Å². The molecule has 0 bridgehead atoms. The average molecular weight is 374 g/mol. The molecule has 0 fully saturated rings. The summed E-state index contributed by atoms with van der Waals surface area (Å²) in [4.78, 5) is 10.5. The zero-order valence-corrected chi connectivity index (χ0v) is 15.1. The Morgan fingerprint density at radius 2 is 1.78 bits per heavy atom. The standard InChI is InChI=1S/C21H15FN4S/c22-18-10-8-16(9-11-18)13-24-26-15-20(17-5-2-1-3-6-17)27-21(26)25-19-7-4-12-23-14-19/h1-15H. The summed E-state index contributed by atoms with van der Waals surface area (Å²) >= 11 is 1.54. The number of rotatable bonds is 4. The van der Waals surface area contributed by atoms with Crippen molar-refractivity contribution in [3.63, 3.8) is 0 Å². The van der Waals surface area contributed by atoms with Crippen LogP contribution < -0.4 is 4.80 Å². The number of hydrogen-bond donors (Lipinski definition) is 0. The Kier molecular flexibility index (Phi) is 4.98. The Morgan fingerprint density at radius 1 is 0.963 bits per heavy atom. The number of pyridine rings is 1. The average Bonchev–Trinajstić information content (AvgIpc) is 3.12. The van der Waals surface area contributed by atoms with Crippen molar-refractivity contribution in [3.05, 3.63) is 102 Å². The predicted molar refractivity (Wildman–Crippen MR) is 107 cm³/mol. The topological polar surface area (TPSA) is 42.5 Å². The minimum absolute atomic E-state index is 0.269. The second-order valence-corrected chi connectivity index (χ2v) is 6.72. The molecule has 0 aliphatic rings. The summed E-state index contributed by atoms with van der Waals surface area (Å²) in [5.41, 5.74) is 2.66. The van der Waals surface area contributed by atoms with Crippen molar-refractivity contribution >= 4 is 23.2 Å². The quantitative estimate of drug-likeness (QED) is 0.470. The lowest BCUT2D eigenvalue weighted by molar-refractivity contribution is 0.628. The maximum Gasteiger partial charge on any atom is 0.211 e. The molecule has 0 spiro atoms. The zero-order valence-electron chi connectivity index (χ0n) is 14.2. The van der Waals surface area contributed by atoms with Crippen LogP contribution in [0.4, 0.5) is 10.1 Å². The van der Waals surface area contributed by atoms with Crippen LogP contribution in [-0.4, -0.2) is 15.9 Å². The number of aromatic nitrogens is 2. The van der Waals surface area contributed by atoms with E-state index in [-0.39, 0.29) is 5.82 Å². The first-order chi connectivity index (χ1) is 13.3. The third kappa shape index (κ3) is 4.24. The zero-order chi connectivity index (χ0) is 18.5. The van der Waals surface area contributed by atoms with Gasteiger partial charge in [0.15, 0.2) is 0 Å². The van der Waals surface area contributed by atoms with Crippen molar-refractivity contribution < 1.29 is 4.39 Å². The van der Waals surface area contributed by atoms with Crippen molar-refractivity contribution in [3.8, 4) is 10.4 Å². The molecule has 132 valence electrons. The van der Waals surface area contributed by atoms with E-state index in [0.29, 0.717) is 0 Å². The van der Waals surface area contributed by atoms with Crippen LogP contribution >= 0.6 is 11.3 Å². The third-order valence-electron chi connectivity index (χ3n) is 3.77. The second kappa shape index (κ2) is 7.88. The van der Waals surface area contributed by atoms with Gasteiger partial charge >= 0.3 is 0 Å². The molecule has 27 heavy (non-hydrogen) atoms. The molecule has 0 aliphatic heterocycles. The Labute approximate surface area is 159 Å². The van der Waals surface area contributed by atoms with Crippen LogP contribution in [0.25, 0.3) is 10.4 Å². The molecule has 2 aromatic carbocycles. The molecule has 0 aliphatic carbocycles. The molecular formula is C21H15FN4S. The summed E-state index contributed by atoms with van der Waals surface area (Å²) in [7, 11) is 0. The van der Waals surface area contributed by atoms with Gasteiger partial charge in [0.2, 0.25) is 4.80 Å². The van der Waals surface area contributed by atoms with Gasteiger partial charge in [-0.1, -0.05) is 53.8 Å². The normalized spacial score (nSPS) is 12.0. The first kappa shape index (κ1) is 17.1. The largest absolute Gasteiger partial charge is 0.262 e. The lowest BCUT2D eigenvalue weighted by Gasteiger charge is -1.96. The van der Waals surface area contributed by atoms with Gasteiger partial charge in [0.1, 0.15) is 5.82 Å². The number of halogens is 1. The van der Waals surface area contributed by atoms with Crippen LogP contribution in [0.5, 0.6) is 0 Å². The lowest BCUT2D eigenvalue weighted by atomic mass is 10.2. The van der Waals surface area contributed by atoms with Crippen LogP contribution in [-0.2, 0) is 0 Å². The second-order valence-electron chi connectivity index (χ2n) is 5.71. The van der Waals surface area contributed by atoms with Crippen LogP contribution in [0.1, 0.15) is 5.56 Å². The molecule has 4 rings (SSSR count). The summed E-state index contributed by atoms with van der Waals surface area (Å²) < 4.78 is 14.8. The van der Waals surface area contributed by atoms with Crippen molar-refractivity contribution in [1.82, 2.24) is 9.66 Å². The maximum absolute atomic E-state index is 13.1. The molecule has 0 saturated heterocycles. The van der Waals surface area contributed by atoms with Crippen molar-refractivity contribution in [2.75, 3.05) is 0 Å². The number of nitrogens with zero attached hydrogens (tertiary/aromatic N) is 4. The van der Waals surface area contributed by atoms with Gasteiger partial charge in [0.25, 0.3) is 0 Å².